The number of ether oxygens (including phenoxy) is 1. The van der Waals surface area contributed by atoms with E-state index < -0.39 is 11.8 Å². The van der Waals surface area contributed by atoms with E-state index in [0.29, 0.717) is 17.2 Å². The molecule has 0 saturated carbocycles. The standard InChI is InChI=1S/C29H28N4O3/c1-19-10-15-27(20(2)16-19)33-21(3)17-23(22(33)4)18-30-32-29(35)28(34)31-24-11-13-26(14-12-24)36-25-8-6-5-7-9-25/h5-18H,1-4H3,(H,31,34)(H,32,35)/b30-18-. The first kappa shape index (κ1) is 24.5. The number of carbonyl (C=O) groups is 2. The van der Waals surface area contributed by atoms with Crippen molar-refractivity contribution in [2.45, 2.75) is 27.7 Å². The monoisotopic (exact) mass is 480 g/mol. The topological polar surface area (TPSA) is 84.7 Å². The van der Waals surface area contributed by atoms with Gasteiger partial charge in [0.1, 0.15) is 11.5 Å². The van der Waals surface area contributed by atoms with Gasteiger partial charge in [0.25, 0.3) is 0 Å². The molecule has 0 aliphatic heterocycles. The predicted molar refractivity (Wildman–Crippen MR) is 142 cm³/mol. The number of aryl methyl sites for hydroxylation is 3. The lowest BCUT2D eigenvalue weighted by atomic mass is 10.1. The zero-order chi connectivity index (χ0) is 25.7. The van der Waals surface area contributed by atoms with Crippen molar-refractivity contribution in [3.63, 3.8) is 0 Å². The molecule has 0 atom stereocenters. The van der Waals surface area contributed by atoms with Gasteiger partial charge in [0, 0.05) is 28.3 Å². The van der Waals surface area contributed by atoms with E-state index in [2.05, 4.69) is 52.5 Å². The second-order valence-electron chi connectivity index (χ2n) is 8.54. The zero-order valence-electron chi connectivity index (χ0n) is 20.7. The van der Waals surface area contributed by atoms with E-state index in [1.807, 2.05) is 50.2 Å². The van der Waals surface area contributed by atoms with Gasteiger partial charge in [0.2, 0.25) is 0 Å². The lowest BCUT2D eigenvalue weighted by Crippen LogP contribution is -2.32. The van der Waals surface area contributed by atoms with Crippen molar-refractivity contribution >= 4 is 23.7 Å². The molecule has 0 fully saturated rings. The summed E-state index contributed by atoms with van der Waals surface area (Å²) in [5.74, 6) is -0.350. The molecule has 4 aromatic rings. The SMILES string of the molecule is Cc1ccc(-n2c(C)cc(/C=N\NC(=O)C(=O)Nc3ccc(Oc4ccccc4)cc3)c2C)c(C)c1. The Morgan fingerprint density at radius 2 is 1.53 bits per heavy atom. The van der Waals surface area contributed by atoms with E-state index in [9.17, 15) is 9.59 Å². The maximum atomic E-state index is 12.3. The van der Waals surface area contributed by atoms with Crippen LogP contribution in [0.5, 0.6) is 11.5 Å². The van der Waals surface area contributed by atoms with E-state index in [1.165, 1.54) is 11.1 Å². The first-order valence-corrected chi connectivity index (χ1v) is 11.6. The normalized spacial score (nSPS) is 10.9. The third-order valence-electron chi connectivity index (χ3n) is 5.73. The van der Waals surface area contributed by atoms with Crippen molar-refractivity contribution in [1.82, 2.24) is 9.99 Å². The lowest BCUT2D eigenvalue weighted by molar-refractivity contribution is -0.136. The van der Waals surface area contributed by atoms with Crippen molar-refractivity contribution in [3.05, 3.63) is 107 Å². The number of anilines is 1. The maximum absolute atomic E-state index is 12.3. The van der Waals surface area contributed by atoms with Gasteiger partial charge in [-0.25, -0.2) is 5.43 Å². The molecule has 0 aliphatic rings. The van der Waals surface area contributed by atoms with E-state index >= 15 is 0 Å². The molecule has 2 N–H and O–H groups in total. The lowest BCUT2D eigenvalue weighted by Gasteiger charge is -2.13. The number of para-hydroxylation sites is 1. The number of hydrazone groups is 1. The Hall–Kier alpha value is -4.65. The molecule has 0 radical (unpaired) electrons. The van der Waals surface area contributed by atoms with Crippen LogP contribution >= 0.6 is 0 Å². The van der Waals surface area contributed by atoms with Gasteiger partial charge in [0.05, 0.1) is 6.21 Å². The quantitative estimate of drug-likeness (QED) is 0.214. The fourth-order valence-corrected chi connectivity index (χ4v) is 3.98. The van der Waals surface area contributed by atoms with Crippen LogP contribution in [0.4, 0.5) is 5.69 Å². The van der Waals surface area contributed by atoms with Gasteiger partial charge in [-0.3, -0.25) is 9.59 Å². The molecule has 1 heterocycles. The van der Waals surface area contributed by atoms with Crippen LogP contribution in [0.25, 0.3) is 5.69 Å². The summed E-state index contributed by atoms with van der Waals surface area (Å²) in [6.45, 7) is 8.16. The second kappa shape index (κ2) is 10.7. The van der Waals surface area contributed by atoms with Crippen LogP contribution in [-0.2, 0) is 9.59 Å². The molecule has 182 valence electrons. The van der Waals surface area contributed by atoms with Crippen LogP contribution < -0.4 is 15.5 Å². The summed E-state index contributed by atoms with van der Waals surface area (Å²) in [4.78, 5) is 24.5. The van der Waals surface area contributed by atoms with Gasteiger partial charge in [-0.2, -0.15) is 5.10 Å². The Morgan fingerprint density at radius 1 is 0.833 bits per heavy atom. The highest BCUT2D eigenvalue weighted by Gasteiger charge is 2.14. The van der Waals surface area contributed by atoms with Crippen LogP contribution in [0.3, 0.4) is 0 Å². The van der Waals surface area contributed by atoms with E-state index in [0.717, 1.165) is 22.6 Å². The zero-order valence-corrected chi connectivity index (χ0v) is 20.7. The number of carbonyl (C=O) groups excluding carboxylic acids is 2. The molecule has 7 nitrogen and oxygen atoms in total. The van der Waals surface area contributed by atoms with Crippen LogP contribution in [-0.4, -0.2) is 22.6 Å². The molecule has 0 saturated heterocycles. The number of hydrogen-bond donors (Lipinski definition) is 2. The fraction of sp³-hybridized carbons (Fsp3) is 0.138. The molecule has 2 amide bonds. The van der Waals surface area contributed by atoms with Gasteiger partial charge < -0.3 is 14.6 Å². The third-order valence-corrected chi connectivity index (χ3v) is 5.73. The first-order valence-electron chi connectivity index (χ1n) is 11.6. The van der Waals surface area contributed by atoms with Crippen LogP contribution in [0.15, 0.2) is 84.0 Å². The summed E-state index contributed by atoms with van der Waals surface area (Å²) in [7, 11) is 0. The third kappa shape index (κ3) is 5.70. The highest BCUT2D eigenvalue weighted by atomic mass is 16.5. The van der Waals surface area contributed by atoms with E-state index in [4.69, 9.17) is 4.74 Å². The minimum absolute atomic E-state index is 0.469. The maximum Gasteiger partial charge on any atom is 0.329 e. The van der Waals surface area contributed by atoms with Crippen LogP contribution in [0.1, 0.15) is 28.1 Å². The Morgan fingerprint density at radius 3 is 2.22 bits per heavy atom. The molecular weight excluding hydrogens is 452 g/mol. The summed E-state index contributed by atoms with van der Waals surface area (Å²) < 4.78 is 7.88. The van der Waals surface area contributed by atoms with Crippen molar-refractivity contribution in [2.24, 2.45) is 5.10 Å². The largest absolute Gasteiger partial charge is 0.457 e. The minimum atomic E-state index is -0.862. The van der Waals surface area contributed by atoms with Gasteiger partial charge in [0.15, 0.2) is 0 Å². The number of rotatable bonds is 6. The van der Waals surface area contributed by atoms with Gasteiger partial charge in [-0.15, -0.1) is 0 Å². The van der Waals surface area contributed by atoms with Crippen LogP contribution in [0, 0.1) is 27.7 Å². The fourth-order valence-electron chi connectivity index (χ4n) is 3.98. The van der Waals surface area contributed by atoms with E-state index in [-0.39, 0.29) is 0 Å². The highest BCUT2D eigenvalue weighted by molar-refractivity contribution is 6.39. The predicted octanol–water partition coefficient (Wildman–Crippen LogP) is 5.59. The number of benzene rings is 3. The Balaban J connectivity index is 1.36. The average Bonchev–Trinajstić information content (AvgIpc) is 3.13. The summed E-state index contributed by atoms with van der Waals surface area (Å²) in [6.07, 6.45) is 1.54. The van der Waals surface area contributed by atoms with E-state index in [1.54, 1.807) is 30.5 Å². The van der Waals surface area contributed by atoms with Crippen molar-refractivity contribution in [1.29, 1.82) is 0 Å². The molecule has 36 heavy (non-hydrogen) atoms. The molecule has 3 aromatic carbocycles. The summed E-state index contributed by atoms with van der Waals surface area (Å²) in [5, 5.41) is 6.55. The molecule has 1 aromatic heterocycles. The molecule has 4 rings (SSSR count). The molecule has 0 bridgehead atoms. The summed E-state index contributed by atoms with van der Waals surface area (Å²) >= 11 is 0. The number of hydrogen-bond acceptors (Lipinski definition) is 4. The number of nitrogens with zero attached hydrogens (tertiary/aromatic N) is 2. The Kier molecular flexibility index (Phi) is 7.30. The molecular formula is C29H28N4O3. The average molecular weight is 481 g/mol. The van der Waals surface area contributed by atoms with Crippen molar-refractivity contribution in [2.75, 3.05) is 5.32 Å². The molecule has 0 unspecified atom stereocenters. The smallest absolute Gasteiger partial charge is 0.329 e. The van der Waals surface area contributed by atoms with Gasteiger partial charge in [-0.05, 0) is 81.8 Å². The van der Waals surface area contributed by atoms with Gasteiger partial charge in [-0.1, -0.05) is 35.9 Å². The molecule has 7 heteroatoms. The Labute approximate surface area is 210 Å². The number of aromatic nitrogens is 1. The number of amides is 2. The molecule has 0 aliphatic carbocycles. The number of nitrogens with one attached hydrogen (secondary N) is 2. The minimum Gasteiger partial charge on any atom is -0.457 e. The summed E-state index contributed by atoms with van der Waals surface area (Å²) in [5.41, 5.74) is 9.12. The summed E-state index contributed by atoms with van der Waals surface area (Å²) in [6, 6.07) is 24.4. The second-order valence-corrected chi connectivity index (χ2v) is 8.54. The highest BCUT2D eigenvalue weighted by Crippen LogP contribution is 2.24. The van der Waals surface area contributed by atoms with Crippen molar-refractivity contribution in [3.8, 4) is 17.2 Å². The van der Waals surface area contributed by atoms with Crippen molar-refractivity contribution < 1.29 is 14.3 Å². The van der Waals surface area contributed by atoms with Crippen LogP contribution in [0.2, 0.25) is 0 Å². The Bertz CT molecular complexity index is 1420. The van der Waals surface area contributed by atoms with Gasteiger partial charge >= 0.3 is 11.8 Å². The molecule has 0 spiro atoms. The first-order chi connectivity index (χ1) is 17.3.